The largest absolute Gasteiger partial charge is 0.365 e. The molecule has 3 heteroatoms. The molecule has 0 radical (unpaired) electrons. The summed E-state index contributed by atoms with van der Waals surface area (Å²) in [6.07, 6.45) is 4.93. The van der Waals surface area contributed by atoms with Gasteiger partial charge < -0.3 is 5.73 Å². The molecule has 0 aromatic heterocycles. The quantitative estimate of drug-likeness (QED) is 0.597. The Kier molecular flexibility index (Phi) is 2.74. The lowest BCUT2D eigenvalue weighted by molar-refractivity contribution is -0.114. The Morgan fingerprint density at radius 1 is 1.38 bits per heavy atom. The van der Waals surface area contributed by atoms with Crippen LogP contribution in [0.1, 0.15) is 23.1 Å². The third kappa shape index (κ3) is 1.96. The molecule has 0 unspecified atom stereocenters. The molecule has 1 aliphatic carbocycles. The van der Waals surface area contributed by atoms with Gasteiger partial charge in [-0.05, 0) is 42.0 Å². The maximum atomic E-state index is 10.9. The molecule has 16 heavy (non-hydrogen) atoms. The van der Waals surface area contributed by atoms with Gasteiger partial charge in [0.25, 0.3) is 5.91 Å². The standard InChI is InChI=1S/C13H12N2O/c14-8-12(13(15)16)7-9-4-5-10-2-1-3-11(10)6-9/h4-7H,1-3H2,(H2,15,16)/b12-7+. The highest BCUT2D eigenvalue weighted by Crippen LogP contribution is 2.23. The van der Waals surface area contributed by atoms with Crippen molar-refractivity contribution in [3.05, 3.63) is 40.5 Å². The summed E-state index contributed by atoms with van der Waals surface area (Å²) in [6.45, 7) is 0. The second kappa shape index (κ2) is 4.19. The van der Waals surface area contributed by atoms with Gasteiger partial charge in [-0.15, -0.1) is 0 Å². The van der Waals surface area contributed by atoms with Gasteiger partial charge in [-0.2, -0.15) is 5.26 Å². The Morgan fingerprint density at radius 3 is 2.81 bits per heavy atom. The first-order valence-corrected chi connectivity index (χ1v) is 5.24. The lowest BCUT2D eigenvalue weighted by atomic mass is 10.0. The third-order valence-corrected chi connectivity index (χ3v) is 2.82. The first kappa shape index (κ1) is 10.4. The number of nitrogens with two attached hydrogens (primary N) is 1. The van der Waals surface area contributed by atoms with Crippen LogP contribution >= 0.6 is 0 Å². The van der Waals surface area contributed by atoms with Crippen LogP contribution in [0.15, 0.2) is 23.8 Å². The molecule has 3 nitrogen and oxygen atoms in total. The molecule has 0 spiro atoms. The molecule has 0 fully saturated rings. The molecule has 0 saturated heterocycles. The van der Waals surface area contributed by atoms with Gasteiger partial charge in [0.2, 0.25) is 0 Å². The predicted molar refractivity (Wildman–Crippen MR) is 61.3 cm³/mol. The molecule has 1 aromatic carbocycles. The Hall–Kier alpha value is -2.08. The summed E-state index contributed by atoms with van der Waals surface area (Å²) in [4.78, 5) is 10.9. The van der Waals surface area contributed by atoms with Gasteiger partial charge in [0.05, 0.1) is 0 Å². The van der Waals surface area contributed by atoms with Crippen molar-refractivity contribution >= 4 is 12.0 Å². The van der Waals surface area contributed by atoms with E-state index in [1.54, 1.807) is 12.1 Å². The Balaban J connectivity index is 2.36. The number of hydrogen-bond donors (Lipinski definition) is 1. The third-order valence-electron chi connectivity index (χ3n) is 2.82. The number of nitrogens with zero attached hydrogens (tertiary/aromatic N) is 1. The Bertz CT molecular complexity index is 509. The van der Waals surface area contributed by atoms with E-state index in [4.69, 9.17) is 11.0 Å². The average Bonchev–Trinajstić information content (AvgIpc) is 2.72. The smallest absolute Gasteiger partial charge is 0.259 e. The monoisotopic (exact) mass is 212 g/mol. The Morgan fingerprint density at radius 2 is 2.12 bits per heavy atom. The summed E-state index contributed by atoms with van der Waals surface area (Å²) in [5.74, 6) is -0.678. The minimum absolute atomic E-state index is 0.00190. The minimum atomic E-state index is -0.678. The van der Waals surface area contributed by atoms with E-state index < -0.39 is 5.91 Å². The van der Waals surface area contributed by atoms with E-state index in [1.165, 1.54) is 17.5 Å². The van der Waals surface area contributed by atoms with Crippen molar-refractivity contribution in [3.63, 3.8) is 0 Å². The second-order valence-electron chi connectivity index (χ2n) is 3.92. The van der Waals surface area contributed by atoms with Crippen LogP contribution in [-0.4, -0.2) is 5.91 Å². The summed E-state index contributed by atoms with van der Waals surface area (Å²) >= 11 is 0. The van der Waals surface area contributed by atoms with Gasteiger partial charge in [0.15, 0.2) is 0 Å². The number of rotatable bonds is 2. The van der Waals surface area contributed by atoms with Gasteiger partial charge in [0.1, 0.15) is 11.6 Å². The average molecular weight is 212 g/mol. The number of primary amides is 1. The second-order valence-corrected chi connectivity index (χ2v) is 3.92. The van der Waals surface area contributed by atoms with Crippen LogP contribution in [0.2, 0.25) is 0 Å². The lowest BCUT2D eigenvalue weighted by Crippen LogP contribution is -2.12. The highest BCUT2D eigenvalue weighted by molar-refractivity contribution is 6.00. The predicted octanol–water partition coefficient (Wildman–Crippen LogP) is 1.57. The zero-order chi connectivity index (χ0) is 11.5. The number of carbonyl (C=O) groups excluding carboxylic acids is 1. The molecule has 1 aromatic rings. The Labute approximate surface area is 94.2 Å². The summed E-state index contributed by atoms with van der Waals surface area (Å²) in [7, 11) is 0. The molecule has 0 bridgehead atoms. The molecular weight excluding hydrogens is 200 g/mol. The van der Waals surface area contributed by atoms with Crippen molar-refractivity contribution in [1.29, 1.82) is 5.26 Å². The highest BCUT2D eigenvalue weighted by Gasteiger charge is 2.11. The highest BCUT2D eigenvalue weighted by atomic mass is 16.1. The van der Waals surface area contributed by atoms with Gasteiger partial charge in [-0.3, -0.25) is 4.79 Å². The normalized spacial score (nSPS) is 14.3. The van der Waals surface area contributed by atoms with Crippen LogP contribution in [0.5, 0.6) is 0 Å². The van der Waals surface area contributed by atoms with Crippen molar-refractivity contribution in [3.8, 4) is 6.07 Å². The summed E-state index contributed by atoms with van der Waals surface area (Å²) in [5.41, 5.74) is 8.63. The minimum Gasteiger partial charge on any atom is -0.365 e. The van der Waals surface area contributed by atoms with Crippen molar-refractivity contribution in [2.24, 2.45) is 5.73 Å². The number of benzene rings is 1. The molecular formula is C13H12N2O. The molecule has 0 aliphatic heterocycles. The van der Waals surface area contributed by atoms with Crippen LogP contribution in [0.3, 0.4) is 0 Å². The van der Waals surface area contributed by atoms with Crippen LogP contribution in [0.25, 0.3) is 6.08 Å². The van der Waals surface area contributed by atoms with E-state index in [-0.39, 0.29) is 5.57 Å². The van der Waals surface area contributed by atoms with E-state index in [1.807, 2.05) is 12.1 Å². The number of amides is 1. The summed E-state index contributed by atoms with van der Waals surface area (Å²) < 4.78 is 0. The van der Waals surface area contributed by atoms with Crippen LogP contribution in [0, 0.1) is 11.3 Å². The van der Waals surface area contributed by atoms with Gasteiger partial charge >= 0.3 is 0 Å². The van der Waals surface area contributed by atoms with Crippen LogP contribution < -0.4 is 5.73 Å². The molecule has 1 aliphatic rings. The molecule has 0 heterocycles. The number of fused-ring (bicyclic) bond motifs is 1. The topological polar surface area (TPSA) is 66.9 Å². The van der Waals surface area contributed by atoms with Crippen molar-refractivity contribution in [2.45, 2.75) is 19.3 Å². The van der Waals surface area contributed by atoms with E-state index >= 15 is 0 Å². The SMILES string of the molecule is N#C/C(=C\c1ccc2c(c1)CCC2)C(N)=O. The molecule has 80 valence electrons. The molecule has 1 amide bonds. The maximum absolute atomic E-state index is 10.9. The summed E-state index contributed by atoms with van der Waals surface area (Å²) in [6, 6.07) is 7.82. The van der Waals surface area contributed by atoms with E-state index in [0.717, 1.165) is 18.4 Å². The molecule has 0 atom stereocenters. The van der Waals surface area contributed by atoms with E-state index in [2.05, 4.69) is 6.07 Å². The van der Waals surface area contributed by atoms with Crippen molar-refractivity contribution in [1.82, 2.24) is 0 Å². The van der Waals surface area contributed by atoms with E-state index in [9.17, 15) is 4.79 Å². The van der Waals surface area contributed by atoms with E-state index in [0.29, 0.717) is 0 Å². The van der Waals surface area contributed by atoms with Crippen LogP contribution in [0.4, 0.5) is 0 Å². The molecule has 2 rings (SSSR count). The van der Waals surface area contributed by atoms with Gasteiger partial charge in [-0.1, -0.05) is 18.2 Å². The number of hydrogen-bond acceptors (Lipinski definition) is 2. The first-order valence-electron chi connectivity index (χ1n) is 5.24. The maximum Gasteiger partial charge on any atom is 0.259 e. The summed E-state index contributed by atoms with van der Waals surface area (Å²) in [5, 5.41) is 8.73. The van der Waals surface area contributed by atoms with Crippen LogP contribution in [-0.2, 0) is 17.6 Å². The van der Waals surface area contributed by atoms with Gasteiger partial charge in [-0.25, -0.2) is 0 Å². The molecule has 2 N–H and O–H groups in total. The zero-order valence-corrected chi connectivity index (χ0v) is 8.86. The number of nitriles is 1. The number of carbonyl (C=O) groups is 1. The first-order chi connectivity index (χ1) is 7.70. The fourth-order valence-corrected chi connectivity index (χ4v) is 2.01. The molecule has 0 saturated carbocycles. The number of aryl methyl sites for hydroxylation is 2. The zero-order valence-electron chi connectivity index (χ0n) is 8.86. The van der Waals surface area contributed by atoms with Crippen molar-refractivity contribution < 1.29 is 4.79 Å². The van der Waals surface area contributed by atoms with Crippen molar-refractivity contribution in [2.75, 3.05) is 0 Å². The van der Waals surface area contributed by atoms with Gasteiger partial charge in [0, 0.05) is 0 Å². The fourth-order valence-electron chi connectivity index (χ4n) is 2.01. The lowest BCUT2D eigenvalue weighted by Gasteiger charge is -2.00. The fraction of sp³-hybridized carbons (Fsp3) is 0.231.